The lowest BCUT2D eigenvalue weighted by molar-refractivity contribution is 0.0919. The molecule has 1 amide bonds. The summed E-state index contributed by atoms with van der Waals surface area (Å²) in [6, 6.07) is 5.62. The van der Waals surface area contributed by atoms with Crippen LogP contribution in [0.5, 0.6) is 11.5 Å². The summed E-state index contributed by atoms with van der Waals surface area (Å²) in [6.45, 7) is 7.04. The molecule has 6 heteroatoms. The molecule has 3 rings (SSSR count). The van der Waals surface area contributed by atoms with Crippen molar-refractivity contribution < 1.29 is 14.3 Å². The number of nitrogens with one attached hydrogen (secondary N) is 1. The molecule has 0 spiro atoms. The highest BCUT2D eigenvalue weighted by Gasteiger charge is 2.22. The number of hydrogen-bond acceptors (Lipinski definition) is 5. The predicted octanol–water partition coefficient (Wildman–Crippen LogP) is 2.68. The van der Waals surface area contributed by atoms with Crippen LogP contribution in [-0.2, 0) is 0 Å². The standard InChI is InChI=1S/C18H21N3O3/c1-11(2)17(21-18(22)14-10-19-12(3)9-20-14)13-4-5-15-16(8-13)24-7-6-23-15/h4-5,8-11,17H,6-7H2,1-3H3,(H,21,22). The van der Waals surface area contributed by atoms with Gasteiger partial charge in [0.05, 0.1) is 17.9 Å². The first kappa shape index (κ1) is 16.2. The van der Waals surface area contributed by atoms with Gasteiger partial charge in [0.1, 0.15) is 18.9 Å². The third-order valence-electron chi connectivity index (χ3n) is 3.89. The van der Waals surface area contributed by atoms with Crippen molar-refractivity contribution in [2.24, 2.45) is 5.92 Å². The number of amides is 1. The Morgan fingerprint density at radius 3 is 2.54 bits per heavy atom. The second kappa shape index (κ2) is 6.86. The quantitative estimate of drug-likeness (QED) is 0.934. The van der Waals surface area contributed by atoms with Gasteiger partial charge in [-0.15, -0.1) is 0 Å². The molecule has 0 bridgehead atoms. The first-order valence-electron chi connectivity index (χ1n) is 8.03. The van der Waals surface area contributed by atoms with Crippen molar-refractivity contribution in [2.45, 2.75) is 26.8 Å². The van der Waals surface area contributed by atoms with Gasteiger partial charge >= 0.3 is 0 Å². The molecule has 6 nitrogen and oxygen atoms in total. The molecule has 2 aromatic rings. The van der Waals surface area contributed by atoms with Gasteiger partial charge < -0.3 is 14.8 Å². The maximum absolute atomic E-state index is 12.5. The van der Waals surface area contributed by atoms with E-state index in [9.17, 15) is 4.79 Å². The largest absolute Gasteiger partial charge is 0.486 e. The number of nitrogens with zero attached hydrogens (tertiary/aromatic N) is 2. The Labute approximate surface area is 141 Å². The maximum atomic E-state index is 12.5. The first-order chi connectivity index (χ1) is 11.5. The Morgan fingerprint density at radius 1 is 1.12 bits per heavy atom. The van der Waals surface area contributed by atoms with Crippen LogP contribution in [0, 0.1) is 12.8 Å². The van der Waals surface area contributed by atoms with Crippen molar-refractivity contribution >= 4 is 5.91 Å². The minimum absolute atomic E-state index is 0.156. The molecule has 1 aliphatic heterocycles. The van der Waals surface area contributed by atoms with Gasteiger partial charge in [-0.05, 0) is 30.5 Å². The Balaban J connectivity index is 1.82. The summed E-state index contributed by atoms with van der Waals surface area (Å²) < 4.78 is 11.2. The molecule has 1 N–H and O–H groups in total. The van der Waals surface area contributed by atoms with E-state index in [1.807, 2.05) is 25.1 Å². The average Bonchev–Trinajstić information content (AvgIpc) is 2.59. The molecular weight excluding hydrogens is 306 g/mol. The minimum Gasteiger partial charge on any atom is -0.486 e. The van der Waals surface area contributed by atoms with Crippen LogP contribution in [-0.4, -0.2) is 29.1 Å². The second-order valence-corrected chi connectivity index (χ2v) is 6.14. The molecule has 0 radical (unpaired) electrons. The minimum atomic E-state index is -0.240. The number of hydrogen-bond donors (Lipinski definition) is 1. The molecule has 126 valence electrons. The van der Waals surface area contributed by atoms with Crippen molar-refractivity contribution in [3.63, 3.8) is 0 Å². The van der Waals surface area contributed by atoms with Gasteiger partial charge in [0, 0.05) is 6.20 Å². The Morgan fingerprint density at radius 2 is 1.88 bits per heavy atom. The van der Waals surface area contributed by atoms with Gasteiger partial charge in [-0.1, -0.05) is 19.9 Å². The molecule has 1 unspecified atom stereocenters. The van der Waals surface area contributed by atoms with Crippen LogP contribution in [0.15, 0.2) is 30.6 Å². The van der Waals surface area contributed by atoms with Crippen molar-refractivity contribution in [3.8, 4) is 11.5 Å². The fraction of sp³-hybridized carbons (Fsp3) is 0.389. The number of benzene rings is 1. The third kappa shape index (κ3) is 3.48. The number of ether oxygens (including phenoxy) is 2. The molecule has 1 atom stereocenters. The maximum Gasteiger partial charge on any atom is 0.271 e. The van der Waals surface area contributed by atoms with E-state index >= 15 is 0 Å². The molecule has 1 aromatic carbocycles. The summed E-state index contributed by atoms with van der Waals surface area (Å²) in [5.41, 5.74) is 2.06. The summed E-state index contributed by atoms with van der Waals surface area (Å²) in [5, 5.41) is 3.04. The van der Waals surface area contributed by atoms with Crippen molar-refractivity contribution in [3.05, 3.63) is 47.5 Å². The summed E-state index contributed by atoms with van der Waals surface area (Å²) in [7, 11) is 0. The van der Waals surface area contributed by atoms with Crippen LogP contribution >= 0.6 is 0 Å². The van der Waals surface area contributed by atoms with Crippen molar-refractivity contribution in [1.82, 2.24) is 15.3 Å². The topological polar surface area (TPSA) is 73.3 Å². The summed E-state index contributed by atoms with van der Waals surface area (Å²) in [4.78, 5) is 20.7. The molecular formula is C18H21N3O3. The Hall–Kier alpha value is -2.63. The zero-order valence-corrected chi connectivity index (χ0v) is 14.1. The van der Waals surface area contributed by atoms with Crippen LogP contribution in [0.3, 0.4) is 0 Å². The highest BCUT2D eigenvalue weighted by Crippen LogP contribution is 2.34. The van der Waals surface area contributed by atoms with E-state index in [-0.39, 0.29) is 17.9 Å². The number of carbonyl (C=O) groups excluding carboxylic acids is 1. The smallest absolute Gasteiger partial charge is 0.271 e. The van der Waals surface area contributed by atoms with Crippen LogP contribution in [0.1, 0.15) is 41.6 Å². The predicted molar refractivity (Wildman–Crippen MR) is 89.2 cm³/mol. The lowest BCUT2D eigenvalue weighted by Gasteiger charge is -2.25. The van der Waals surface area contributed by atoms with E-state index in [1.54, 1.807) is 6.20 Å². The van der Waals surface area contributed by atoms with Crippen LogP contribution in [0.2, 0.25) is 0 Å². The van der Waals surface area contributed by atoms with Gasteiger partial charge in [-0.2, -0.15) is 0 Å². The van der Waals surface area contributed by atoms with E-state index in [0.29, 0.717) is 24.7 Å². The summed E-state index contributed by atoms with van der Waals surface area (Å²) >= 11 is 0. The molecule has 1 aromatic heterocycles. The highest BCUT2D eigenvalue weighted by atomic mass is 16.6. The second-order valence-electron chi connectivity index (χ2n) is 6.14. The lowest BCUT2D eigenvalue weighted by atomic mass is 9.95. The Bertz CT molecular complexity index is 729. The van der Waals surface area contributed by atoms with Crippen LogP contribution < -0.4 is 14.8 Å². The fourth-order valence-corrected chi connectivity index (χ4v) is 2.61. The highest BCUT2D eigenvalue weighted by molar-refractivity contribution is 5.92. The number of aromatic nitrogens is 2. The fourth-order valence-electron chi connectivity index (χ4n) is 2.61. The van der Waals surface area contributed by atoms with E-state index in [4.69, 9.17) is 9.47 Å². The number of fused-ring (bicyclic) bond motifs is 1. The van der Waals surface area contributed by atoms with Gasteiger partial charge in [-0.3, -0.25) is 9.78 Å². The van der Waals surface area contributed by atoms with Crippen molar-refractivity contribution in [2.75, 3.05) is 13.2 Å². The van der Waals surface area contributed by atoms with E-state index in [1.165, 1.54) is 6.20 Å². The van der Waals surface area contributed by atoms with Crippen LogP contribution in [0.25, 0.3) is 0 Å². The molecule has 1 aliphatic rings. The van der Waals surface area contributed by atoms with Crippen molar-refractivity contribution in [1.29, 1.82) is 0 Å². The molecule has 0 saturated heterocycles. The molecule has 0 fully saturated rings. The van der Waals surface area contributed by atoms with Crippen LogP contribution in [0.4, 0.5) is 0 Å². The number of carbonyl (C=O) groups is 1. The van der Waals surface area contributed by atoms with E-state index in [2.05, 4.69) is 29.1 Å². The van der Waals surface area contributed by atoms with Gasteiger partial charge in [0.25, 0.3) is 5.91 Å². The summed E-state index contributed by atoms with van der Waals surface area (Å²) in [5.74, 6) is 1.42. The Kier molecular flexibility index (Phi) is 4.64. The third-order valence-corrected chi connectivity index (χ3v) is 3.89. The zero-order chi connectivity index (χ0) is 17.1. The molecule has 0 aliphatic carbocycles. The summed E-state index contributed by atoms with van der Waals surface area (Å²) in [6.07, 6.45) is 3.08. The SMILES string of the molecule is Cc1cnc(C(=O)NC(c2ccc3c(c2)OCCO3)C(C)C)cn1. The number of rotatable bonds is 4. The normalized spacial score (nSPS) is 14.3. The monoisotopic (exact) mass is 327 g/mol. The zero-order valence-electron chi connectivity index (χ0n) is 14.1. The van der Waals surface area contributed by atoms with E-state index in [0.717, 1.165) is 17.0 Å². The molecule has 2 heterocycles. The average molecular weight is 327 g/mol. The molecule has 24 heavy (non-hydrogen) atoms. The molecule has 0 saturated carbocycles. The van der Waals surface area contributed by atoms with Gasteiger partial charge in [-0.25, -0.2) is 4.98 Å². The van der Waals surface area contributed by atoms with Gasteiger partial charge in [0.2, 0.25) is 0 Å². The van der Waals surface area contributed by atoms with Gasteiger partial charge in [0.15, 0.2) is 11.5 Å². The van der Waals surface area contributed by atoms with E-state index < -0.39 is 0 Å². The number of aryl methyl sites for hydroxylation is 1. The lowest BCUT2D eigenvalue weighted by Crippen LogP contribution is -2.32. The first-order valence-corrected chi connectivity index (χ1v) is 8.03.